The van der Waals surface area contributed by atoms with Crippen molar-refractivity contribution in [1.29, 1.82) is 0 Å². The van der Waals surface area contributed by atoms with Crippen molar-refractivity contribution in [2.45, 2.75) is 13.5 Å². The van der Waals surface area contributed by atoms with E-state index in [1.807, 2.05) is 23.6 Å². The number of H-pyrrole nitrogens is 1. The van der Waals surface area contributed by atoms with Gasteiger partial charge in [0.25, 0.3) is 0 Å². The first kappa shape index (κ1) is 11.3. The van der Waals surface area contributed by atoms with Crippen LogP contribution in [0.5, 0.6) is 0 Å². The van der Waals surface area contributed by atoms with Crippen molar-refractivity contribution >= 4 is 17.8 Å². The van der Waals surface area contributed by atoms with Crippen LogP contribution in [0.15, 0.2) is 6.20 Å². The molecule has 0 saturated carbocycles. The number of aromatic amines is 1. The lowest BCUT2D eigenvalue weighted by Crippen LogP contribution is -2.44. The third-order valence-corrected chi connectivity index (χ3v) is 3.40. The van der Waals surface area contributed by atoms with Crippen LogP contribution < -0.4 is 5.32 Å². The highest BCUT2D eigenvalue weighted by Crippen LogP contribution is 2.08. The van der Waals surface area contributed by atoms with E-state index in [-0.39, 0.29) is 6.03 Å². The first-order chi connectivity index (χ1) is 7.75. The van der Waals surface area contributed by atoms with Crippen LogP contribution in [0, 0.1) is 6.92 Å². The number of carbonyl (C=O) groups excluding carboxylic acids is 1. The largest absolute Gasteiger partial charge is 0.345 e. The Balaban J connectivity index is 1.78. The zero-order valence-electron chi connectivity index (χ0n) is 9.32. The van der Waals surface area contributed by atoms with E-state index in [0.29, 0.717) is 6.54 Å². The predicted molar refractivity (Wildman–Crippen MR) is 64.5 cm³/mol. The first-order valence-corrected chi connectivity index (χ1v) is 6.52. The quantitative estimate of drug-likeness (QED) is 0.810. The normalized spacial score (nSPS) is 16.2. The Labute approximate surface area is 99.0 Å². The Morgan fingerprint density at radius 1 is 1.62 bits per heavy atom. The van der Waals surface area contributed by atoms with Gasteiger partial charge in [0, 0.05) is 36.5 Å². The highest BCUT2D eigenvalue weighted by Gasteiger charge is 2.16. The van der Waals surface area contributed by atoms with Crippen molar-refractivity contribution in [3.63, 3.8) is 0 Å². The summed E-state index contributed by atoms with van der Waals surface area (Å²) in [5.74, 6) is 2.87. The fraction of sp³-hybridized carbons (Fsp3) is 0.600. The number of imidazole rings is 1. The van der Waals surface area contributed by atoms with E-state index in [1.54, 1.807) is 6.20 Å². The average Bonchev–Trinajstić information content (AvgIpc) is 2.73. The molecule has 1 aromatic heterocycles. The number of amides is 2. The fourth-order valence-corrected chi connectivity index (χ4v) is 2.50. The lowest BCUT2D eigenvalue weighted by atomic mass is 10.5. The summed E-state index contributed by atoms with van der Waals surface area (Å²) in [5.41, 5.74) is 1.01. The molecular formula is C10H16N4OS. The lowest BCUT2D eigenvalue weighted by molar-refractivity contribution is 0.202. The Bertz CT molecular complexity index is 359. The van der Waals surface area contributed by atoms with Crippen molar-refractivity contribution < 1.29 is 4.79 Å². The van der Waals surface area contributed by atoms with Crippen LogP contribution in [0.1, 0.15) is 11.5 Å². The summed E-state index contributed by atoms with van der Waals surface area (Å²) in [4.78, 5) is 20.8. The summed E-state index contributed by atoms with van der Waals surface area (Å²) in [7, 11) is 0. The van der Waals surface area contributed by atoms with Crippen LogP contribution in [0.3, 0.4) is 0 Å². The molecule has 0 spiro atoms. The molecular weight excluding hydrogens is 224 g/mol. The van der Waals surface area contributed by atoms with Crippen LogP contribution in [-0.2, 0) is 6.54 Å². The van der Waals surface area contributed by atoms with Gasteiger partial charge in [0.1, 0.15) is 5.82 Å². The minimum absolute atomic E-state index is 0.00866. The van der Waals surface area contributed by atoms with E-state index < -0.39 is 0 Å². The van der Waals surface area contributed by atoms with Gasteiger partial charge in [-0.2, -0.15) is 11.8 Å². The Morgan fingerprint density at radius 3 is 3.00 bits per heavy atom. The van der Waals surface area contributed by atoms with Gasteiger partial charge in [0.15, 0.2) is 0 Å². The van der Waals surface area contributed by atoms with Crippen LogP contribution in [0.25, 0.3) is 0 Å². The molecule has 1 aliphatic heterocycles. The third kappa shape index (κ3) is 2.91. The Hall–Kier alpha value is -1.17. The number of hydrogen-bond acceptors (Lipinski definition) is 3. The molecule has 1 aliphatic rings. The zero-order chi connectivity index (χ0) is 11.4. The summed E-state index contributed by atoms with van der Waals surface area (Å²) in [6, 6.07) is 0.00866. The molecule has 1 fully saturated rings. The van der Waals surface area contributed by atoms with E-state index in [1.165, 1.54) is 0 Å². The van der Waals surface area contributed by atoms with E-state index in [4.69, 9.17) is 0 Å². The Kier molecular flexibility index (Phi) is 3.71. The molecule has 2 N–H and O–H groups in total. The van der Waals surface area contributed by atoms with Gasteiger partial charge in [-0.1, -0.05) is 0 Å². The van der Waals surface area contributed by atoms with Gasteiger partial charge in [0.2, 0.25) is 0 Å². The van der Waals surface area contributed by atoms with Gasteiger partial charge < -0.3 is 15.2 Å². The number of nitrogens with one attached hydrogen (secondary N) is 2. The predicted octanol–water partition coefficient (Wildman–Crippen LogP) is 0.977. The van der Waals surface area contributed by atoms with Crippen molar-refractivity contribution in [2.24, 2.45) is 0 Å². The lowest BCUT2D eigenvalue weighted by Gasteiger charge is -2.26. The van der Waals surface area contributed by atoms with Gasteiger partial charge >= 0.3 is 6.03 Å². The number of aryl methyl sites for hydroxylation is 1. The SMILES string of the molecule is Cc1cnc(CNC(=O)N2CCSCC2)[nH]1. The van der Waals surface area contributed by atoms with Crippen molar-refractivity contribution in [3.8, 4) is 0 Å². The minimum atomic E-state index is 0.00866. The summed E-state index contributed by atoms with van der Waals surface area (Å²) < 4.78 is 0. The molecule has 0 radical (unpaired) electrons. The van der Waals surface area contributed by atoms with E-state index in [9.17, 15) is 4.79 Å². The van der Waals surface area contributed by atoms with Crippen molar-refractivity contribution in [1.82, 2.24) is 20.2 Å². The van der Waals surface area contributed by atoms with Gasteiger partial charge in [-0.05, 0) is 6.92 Å². The average molecular weight is 240 g/mol. The highest BCUT2D eigenvalue weighted by molar-refractivity contribution is 7.99. The number of thioether (sulfide) groups is 1. The molecule has 5 nitrogen and oxygen atoms in total. The molecule has 6 heteroatoms. The minimum Gasteiger partial charge on any atom is -0.345 e. The molecule has 0 unspecified atom stereocenters. The first-order valence-electron chi connectivity index (χ1n) is 5.37. The maximum Gasteiger partial charge on any atom is 0.317 e. The fourth-order valence-electron chi connectivity index (χ4n) is 1.59. The zero-order valence-corrected chi connectivity index (χ0v) is 10.1. The number of carbonyl (C=O) groups is 1. The summed E-state index contributed by atoms with van der Waals surface area (Å²) >= 11 is 1.89. The molecule has 0 bridgehead atoms. The van der Waals surface area contributed by atoms with Crippen LogP contribution in [0.2, 0.25) is 0 Å². The summed E-state index contributed by atoms with van der Waals surface area (Å²) in [6.07, 6.45) is 1.76. The number of urea groups is 1. The number of hydrogen-bond donors (Lipinski definition) is 2. The Morgan fingerprint density at radius 2 is 2.38 bits per heavy atom. The molecule has 0 atom stereocenters. The molecule has 16 heavy (non-hydrogen) atoms. The van der Waals surface area contributed by atoms with Crippen molar-refractivity contribution in [3.05, 3.63) is 17.7 Å². The van der Waals surface area contributed by atoms with E-state index >= 15 is 0 Å². The number of nitrogens with zero attached hydrogens (tertiary/aromatic N) is 2. The molecule has 2 amide bonds. The van der Waals surface area contributed by atoms with E-state index in [0.717, 1.165) is 36.1 Å². The second-order valence-corrected chi connectivity index (χ2v) is 5.00. The summed E-state index contributed by atoms with van der Waals surface area (Å²) in [6.45, 7) is 4.10. The van der Waals surface area contributed by atoms with Crippen molar-refractivity contribution in [2.75, 3.05) is 24.6 Å². The van der Waals surface area contributed by atoms with Crippen LogP contribution in [-0.4, -0.2) is 45.5 Å². The van der Waals surface area contributed by atoms with E-state index in [2.05, 4.69) is 15.3 Å². The van der Waals surface area contributed by atoms with Gasteiger partial charge in [-0.3, -0.25) is 0 Å². The van der Waals surface area contributed by atoms with Gasteiger partial charge in [-0.15, -0.1) is 0 Å². The molecule has 1 aromatic rings. The van der Waals surface area contributed by atoms with Gasteiger partial charge in [0.05, 0.1) is 6.54 Å². The maximum atomic E-state index is 11.7. The third-order valence-electron chi connectivity index (χ3n) is 2.46. The monoisotopic (exact) mass is 240 g/mol. The molecule has 0 aromatic carbocycles. The highest BCUT2D eigenvalue weighted by atomic mass is 32.2. The second-order valence-electron chi connectivity index (χ2n) is 3.77. The molecule has 2 heterocycles. The molecule has 1 saturated heterocycles. The number of aromatic nitrogens is 2. The molecule has 88 valence electrons. The second kappa shape index (κ2) is 5.25. The molecule has 0 aliphatic carbocycles. The summed E-state index contributed by atoms with van der Waals surface area (Å²) in [5, 5.41) is 2.87. The van der Waals surface area contributed by atoms with Crippen LogP contribution >= 0.6 is 11.8 Å². The maximum absolute atomic E-state index is 11.7. The number of rotatable bonds is 2. The molecule has 2 rings (SSSR count). The topological polar surface area (TPSA) is 61.0 Å². The van der Waals surface area contributed by atoms with Crippen LogP contribution in [0.4, 0.5) is 4.79 Å². The smallest absolute Gasteiger partial charge is 0.317 e. The standard InChI is InChI=1S/C10H16N4OS/c1-8-6-11-9(13-8)7-12-10(15)14-2-4-16-5-3-14/h6H,2-5,7H2,1H3,(H,11,13)(H,12,15). The van der Waals surface area contributed by atoms with Gasteiger partial charge in [-0.25, -0.2) is 9.78 Å².